The molecule has 0 saturated carbocycles. The number of benzene rings is 1. The summed E-state index contributed by atoms with van der Waals surface area (Å²) in [6, 6.07) is 6.04. The minimum Gasteiger partial charge on any atom is -0.508 e. The predicted molar refractivity (Wildman–Crippen MR) is 79.0 cm³/mol. The number of aromatic hydroxyl groups is 1. The molecule has 1 aliphatic heterocycles. The summed E-state index contributed by atoms with van der Waals surface area (Å²) in [5.41, 5.74) is 0.484. The van der Waals surface area contributed by atoms with Crippen LogP contribution in [0.25, 0.3) is 0 Å². The van der Waals surface area contributed by atoms with Crippen LogP contribution in [-0.2, 0) is 4.79 Å². The fraction of sp³-hybridized carbons (Fsp3) is 0.467. The predicted octanol–water partition coefficient (Wildman–Crippen LogP) is 0.238. The Kier molecular flexibility index (Phi) is 5.57. The Hall–Kier alpha value is -2.08. The summed E-state index contributed by atoms with van der Waals surface area (Å²) in [4.78, 5) is 23.7. The second-order valence-corrected chi connectivity index (χ2v) is 5.12. The van der Waals surface area contributed by atoms with Crippen molar-refractivity contribution in [2.24, 2.45) is 5.92 Å². The molecule has 6 heteroatoms. The van der Waals surface area contributed by atoms with Crippen molar-refractivity contribution in [1.82, 2.24) is 16.0 Å². The lowest BCUT2D eigenvalue weighted by Gasteiger charge is -2.21. The molecule has 0 unspecified atom stereocenters. The zero-order chi connectivity index (χ0) is 15.1. The van der Waals surface area contributed by atoms with Crippen molar-refractivity contribution >= 4 is 11.8 Å². The number of amides is 2. The van der Waals surface area contributed by atoms with E-state index in [2.05, 4.69) is 16.0 Å². The largest absolute Gasteiger partial charge is 0.508 e. The van der Waals surface area contributed by atoms with Gasteiger partial charge in [-0.15, -0.1) is 0 Å². The van der Waals surface area contributed by atoms with Crippen LogP contribution in [0.5, 0.6) is 5.75 Å². The van der Waals surface area contributed by atoms with E-state index in [1.807, 2.05) is 0 Å². The summed E-state index contributed by atoms with van der Waals surface area (Å²) in [5.74, 6) is 0.0568. The molecule has 1 fully saturated rings. The molecular formula is C15H21N3O3. The summed E-state index contributed by atoms with van der Waals surface area (Å²) < 4.78 is 0. The van der Waals surface area contributed by atoms with Crippen molar-refractivity contribution in [2.75, 3.05) is 26.2 Å². The topological polar surface area (TPSA) is 90.5 Å². The molecule has 0 spiro atoms. The number of nitrogens with one attached hydrogen (secondary N) is 3. The molecule has 21 heavy (non-hydrogen) atoms. The number of rotatable bonds is 5. The van der Waals surface area contributed by atoms with E-state index in [0.717, 1.165) is 25.9 Å². The first-order valence-electron chi connectivity index (χ1n) is 7.22. The first-order chi connectivity index (χ1) is 10.2. The third kappa shape index (κ3) is 4.75. The lowest BCUT2D eigenvalue weighted by atomic mass is 9.97. The average Bonchev–Trinajstić information content (AvgIpc) is 2.52. The highest BCUT2D eigenvalue weighted by Gasteiger charge is 2.20. The summed E-state index contributed by atoms with van der Waals surface area (Å²) in [6.45, 7) is 2.58. The summed E-state index contributed by atoms with van der Waals surface area (Å²) in [5, 5.41) is 17.9. The molecule has 0 radical (unpaired) electrons. The Bertz CT molecular complexity index is 481. The van der Waals surface area contributed by atoms with E-state index in [1.54, 1.807) is 12.1 Å². The third-order valence-corrected chi connectivity index (χ3v) is 3.55. The monoisotopic (exact) mass is 291 g/mol. The molecule has 114 valence electrons. The molecule has 0 atom stereocenters. The van der Waals surface area contributed by atoms with Crippen LogP contribution in [0.1, 0.15) is 23.2 Å². The van der Waals surface area contributed by atoms with Crippen molar-refractivity contribution in [2.45, 2.75) is 12.8 Å². The van der Waals surface area contributed by atoms with E-state index < -0.39 is 0 Å². The number of phenols is 1. The molecule has 0 aromatic heterocycles. The normalized spacial score (nSPS) is 15.4. The maximum absolute atomic E-state index is 11.9. The maximum Gasteiger partial charge on any atom is 0.251 e. The van der Waals surface area contributed by atoms with Gasteiger partial charge in [0.2, 0.25) is 5.91 Å². The average molecular weight is 291 g/mol. The quantitative estimate of drug-likeness (QED) is 0.585. The van der Waals surface area contributed by atoms with Gasteiger partial charge in [0.15, 0.2) is 0 Å². The zero-order valence-electron chi connectivity index (χ0n) is 11.9. The van der Waals surface area contributed by atoms with E-state index in [4.69, 9.17) is 5.11 Å². The standard InChI is InChI=1S/C15H21N3O3/c19-13-3-1-11(2-4-13)14(20)17-9-10-18-15(21)12-5-7-16-8-6-12/h1-4,12,16,19H,5-10H2,(H,17,20)(H,18,21). The number of piperidine rings is 1. The Morgan fingerprint density at radius 3 is 2.38 bits per heavy atom. The van der Waals surface area contributed by atoms with E-state index in [9.17, 15) is 9.59 Å². The van der Waals surface area contributed by atoms with Crippen LogP contribution in [-0.4, -0.2) is 43.1 Å². The minimum atomic E-state index is -0.217. The van der Waals surface area contributed by atoms with Gasteiger partial charge in [-0.2, -0.15) is 0 Å². The molecule has 6 nitrogen and oxygen atoms in total. The van der Waals surface area contributed by atoms with Gasteiger partial charge >= 0.3 is 0 Å². The molecular weight excluding hydrogens is 270 g/mol. The SMILES string of the molecule is O=C(NCCNC(=O)C1CCNCC1)c1ccc(O)cc1. The van der Waals surface area contributed by atoms with E-state index in [-0.39, 0.29) is 23.5 Å². The van der Waals surface area contributed by atoms with Crippen LogP contribution >= 0.6 is 0 Å². The number of carbonyl (C=O) groups is 2. The van der Waals surface area contributed by atoms with Crippen LogP contribution in [0.2, 0.25) is 0 Å². The molecule has 2 rings (SSSR count). The lowest BCUT2D eigenvalue weighted by molar-refractivity contribution is -0.125. The summed E-state index contributed by atoms with van der Waals surface area (Å²) >= 11 is 0. The van der Waals surface area contributed by atoms with Gasteiger partial charge in [0.1, 0.15) is 5.75 Å². The molecule has 1 heterocycles. The van der Waals surface area contributed by atoms with E-state index in [1.165, 1.54) is 12.1 Å². The number of carbonyl (C=O) groups excluding carboxylic acids is 2. The van der Waals surface area contributed by atoms with Crippen molar-refractivity contribution in [1.29, 1.82) is 0 Å². The van der Waals surface area contributed by atoms with Crippen molar-refractivity contribution in [3.05, 3.63) is 29.8 Å². The fourth-order valence-electron chi connectivity index (χ4n) is 2.31. The van der Waals surface area contributed by atoms with Crippen molar-refractivity contribution in [3.8, 4) is 5.75 Å². The highest BCUT2D eigenvalue weighted by Crippen LogP contribution is 2.11. The van der Waals surface area contributed by atoms with Gasteiger partial charge in [-0.1, -0.05) is 0 Å². The maximum atomic E-state index is 11.9. The fourth-order valence-corrected chi connectivity index (χ4v) is 2.31. The second-order valence-electron chi connectivity index (χ2n) is 5.12. The molecule has 1 aromatic carbocycles. The van der Waals surface area contributed by atoms with Gasteiger partial charge in [-0.05, 0) is 50.2 Å². The van der Waals surface area contributed by atoms with Gasteiger partial charge in [0.25, 0.3) is 5.91 Å². The molecule has 4 N–H and O–H groups in total. The van der Waals surface area contributed by atoms with Crippen LogP contribution in [0.3, 0.4) is 0 Å². The first-order valence-corrected chi connectivity index (χ1v) is 7.22. The Morgan fingerprint density at radius 1 is 1.10 bits per heavy atom. The van der Waals surface area contributed by atoms with Gasteiger partial charge in [0, 0.05) is 24.6 Å². The van der Waals surface area contributed by atoms with Gasteiger partial charge in [-0.3, -0.25) is 9.59 Å². The van der Waals surface area contributed by atoms with E-state index >= 15 is 0 Å². The number of hydrogen-bond donors (Lipinski definition) is 4. The molecule has 1 aliphatic rings. The highest BCUT2D eigenvalue weighted by molar-refractivity contribution is 5.94. The molecule has 0 aliphatic carbocycles. The lowest BCUT2D eigenvalue weighted by Crippen LogP contribution is -2.41. The molecule has 1 aromatic rings. The van der Waals surface area contributed by atoms with Crippen LogP contribution in [0.15, 0.2) is 24.3 Å². The Labute approximate surface area is 123 Å². The van der Waals surface area contributed by atoms with Crippen LogP contribution in [0.4, 0.5) is 0 Å². The molecule has 0 bridgehead atoms. The summed E-state index contributed by atoms with van der Waals surface area (Å²) in [7, 11) is 0. The molecule has 1 saturated heterocycles. The van der Waals surface area contributed by atoms with Crippen LogP contribution < -0.4 is 16.0 Å². The Balaban J connectivity index is 1.66. The zero-order valence-corrected chi connectivity index (χ0v) is 11.9. The highest BCUT2D eigenvalue weighted by atomic mass is 16.3. The Morgan fingerprint density at radius 2 is 1.71 bits per heavy atom. The van der Waals surface area contributed by atoms with Gasteiger partial charge in [0.05, 0.1) is 0 Å². The number of phenolic OH excluding ortho intramolecular Hbond substituents is 1. The number of hydrogen-bond acceptors (Lipinski definition) is 4. The molecule has 2 amide bonds. The van der Waals surface area contributed by atoms with Crippen LogP contribution in [0, 0.1) is 5.92 Å². The van der Waals surface area contributed by atoms with Crippen molar-refractivity contribution in [3.63, 3.8) is 0 Å². The smallest absolute Gasteiger partial charge is 0.251 e. The third-order valence-electron chi connectivity index (χ3n) is 3.55. The van der Waals surface area contributed by atoms with Gasteiger partial charge < -0.3 is 21.1 Å². The van der Waals surface area contributed by atoms with Crippen molar-refractivity contribution < 1.29 is 14.7 Å². The summed E-state index contributed by atoms with van der Waals surface area (Å²) in [6.07, 6.45) is 1.73. The van der Waals surface area contributed by atoms with E-state index in [0.29, 0.717) is 18.7 Å². The van der Waals surface area contributed by atoms with Gasteiger partial charge in [-0.25, -0.2) is 0 Å². The second kappa shape index (κ2) is 7.64. The first kappa shape index (κ1) is 15.3. The minimum absolute atomic E-state index is 0.0652.